The van der Waals surface area contributed by atoms with Crippen LogP contribution in [-0.2, 0) is 14.6 Å². The molecule has 1 aromatic heterocycles. The fourth-order valence-corrected chi connectivity index (χ4v) is 3.35. The van der Waals surface area contributed by atoms with Crippen LogP contribution in [0.15, 0.2) is 29.2 Å². The van der Waals surface area contributed by atoms with Gasteiger partial charge in [0.2, 0.25) is 5.95 Å². The number of rotatable bonds is 4. The molecular weight excluding hydrogens is 403 g/mol. The van der Waals surface area contributed by atoms with Gasteiger partial charge in [-0.15, -0.1) is 0 Å². The molecule has 0 aliphatic heterocycles. The molecule has 0 atom stereocenters. The van der Waals surface area contributed by atoms with Crippen molar-refractivity contribution in [3.8, 4) is 6.01 Å². The van der Waals surface area contributed by atoms with Gasteiger partial charge in [0.1, 0.15) is 5.82 Å². The van der Waals surface area contributed by atoms with Gasteiger partial charge in [0.25, 0.3) is 9.84 Å². The number of carbonyl (C=O) groups excluding carboxylic acids is 2. The van der Waals surface area contributed by atoms with E-state index in [9.17, 15) is 18.0 Å². The molecule has 0 N–H and O–H groups in total. The molecule has 1 heterocycles. The molecule has 0 saturated heterocycles. The molecule has 12 heteroatoms. The van der Waals surface area contributed by atoms with Crippen LogP contribution in [0.25, 0.3) is 0 Å². The van der Waals surface area contributed by atoms with Crippen molar-refractivity contribution >= 4 is 27.0 Å². The van der Waals surface area contributed by atoms with E-state index in [1.54, 1.807) is 0 Å². The molecular formula is C15H17KN4O6S. The molecule has 2 aromatic rings. The van der Waals surface area contributed by atoms with Crippen LogP contribution >= 0.6 is 0 Å². The maximum Gasteiger partial charge on any atom is 1.00 e. The normalized spacial score (nSPS) is 10.5. The Morgan fingerprint density at radius 1 is 1.11 bits per heavy atom. The van der Waals surface area contributed by atoms with Gasteiger partial charge >= 0.3 is 68.6 Å². The fraction of sp³-hybridized carbons (Fsp3) is 0.267. The van der Waals surface area contributed by atoms with E-state index >= 15 is 0 Å². The third-order valence-corrected chi connectivity index (χ3v) is 4.95. The first-order valence-corrected chi connectivity index (χ1v) is 8.67. The van der Waals surface area contributed by atoms with E-state index in [1.165, 1.54) is 39.3 Å². The topological polar surface area (TPSA) is 129 Å². The summed E-state index contributed by atoms with van der Waals surface area (Å²) >= 11 is 0. The summed E-state index contributed by atoms with van der Waals surface area (Å²) in [6.45, 7) is 1.53. The van der Waals surface area contributed by atoms with E-state index in [-0.39, 0.29) is 76.2 Å². The van der Waals surface area contributed by atoms with E-state index in [2.05, 4.69) is 19.7 Å². The minimum absolute atomic E-state index is 0. The molecule has 0 bridgehead atoms. The number of hydrogen-bond acceptors (Lipinski definition) is 9. The molecule has 2 rings (SSSR count). The smallest absolute Gasteiger partial charge is 1.00 e. The average Bonchev–Trinajstić information content (AvgIpc) is 2.65. The van der Waals surface area contributed by atoms with Crippen LogP contribution in [0.5, 0.6) is 6.01 Å². The number of aromatic nitrogens is 3. The van der Waals surface area contributed by atoms with Crippen molar-refractivity contribution in [1.82, 2.24) is 15.0 Å². The Bertz CT molecular complexity index is 973. The van der Waals surface area contributed by atoms with E-state index < -0.39 is 25.9 Å². The van der Waals surface area contributed by atoms with Gasteiger partial charge in [-0.2, -0.15) is 15.0 Å². The molecule has 0 radical (unpaired) electrons. The summed E-state index contributed by atoms with van der Waals surface area (Å²) < 4.78 is 34.9. The third kappa shape index (κ3) is 5.09. The van der Waals surface area contributed by atoms with Gasteiger partial charge in [0.15, 0.2) is 0 Å². The molecule has 0 spiro atoms. The second-order valence-corrected chi connectivity index (χ2v) is 6.78. The number of aryl methyl sites for hydroxylation is 1. The van der Waals surface area contributed by atoms with Gasteiger partial charge in [-0.1, -0.05) is 12.1 Å². The summed E-state index contributed by atoms with van der Waals surface area (Å²) in [5, 5.41) is -1.32. The molecule has 1 aromatic carbocycles. The molecule has 10 nitrogen and oxygen atoms in total. The first-order valence-electron chi connectivity index (χ1n) is 7.19. The van der Waals surface area contributed by atoms with E-state index in [0.717, 1.165) is 18.1 Å². The van der Waals surface area contributed by atoms with Crippen molar-refractivity contribution in [1.29, 1.82) is 0 Å². The van der Waals surface area contributed by atoms with Crippen LogP contribution in [0.3, 0.4) is 0 Å². The predicted octanol–water partition coefficient (Wildman–Crippen LogP) is -1.88. The summed E-state index contributed by atoms with van der Waals surface area (Å²) in [5.74, 6) is -0.852. The Morgan fingerprint density at radius 2 is 1.74 bits per heavy atom. The molecule has 140 valence electrons. The van der Waals surface area contributed by atoms with Crippen LogP contribution in [-0.4, -0.2) is 55.8 Å². The fourth-order valence-electron chi connectivity index (χ4n) is 2.02. The minimum atomic E-state index is -4.56. The summed E-state index contributed by atoms with van der Waals surface area (Å²) in [5.41, 5.74) is -0.249. The first kappa shape index (κ1) is 23.6. The maximum absolute atomic E-state index is 12.7. The molecule has 0 aliphatic carbocycles. The molecule has 0 saturated carbocycles. The molecule has 0 fully saturated rings. The van der Waals surface area contributed by atoms with Crippen molar-refractivity contribution < 1.29 is 80.3 Å². The average molecular weight is 420 g/mol. The molecule has 27 heavy (non-hydrogen) atoms. The van der Waals surface area contributed by atoms with Crippen molar-refractivity contribution in [3.05, 3.63) is 35.7 Å². The monoisotopic (exact) mass is 420 g/mol. The van der Waals surface area contributed by atoms with Crippen LogP contribution in [0, 0.1) is 6.92 Å². The zero-order chi connectivity index (χ0) is 19.5. The third-order valence-electron chi connectivity index (χ3n) is 3.28. The molecule has 0 unspecified atom stereocenters. The molecule has 1 amide bonds. The van der Waals surface area contributed by atoms with E-state index in [4.69, 9.17) is 4.74 Å². The van der Waals surface area contributed by atoms with Crippen molar-refractivity contribution in [2.45, 2.75) is 11.8 Å². The minimum Gasteiger partial charge on any atom is -1.00 e. The summed E-state index contributed by atoms with van der Waals surface area (Å²) in [6, 6.07) is 5.18. The van der Waals surface area contributed by atoms with Crippen molar-refractivity contribution in [2.24, 2.45) is 0 Å². The van der Waals surface area contributed by atoms with Crippen LogP contribution in [0.4, 0.5) is 10.7 Å². The first-order chi connectivity index (χ1) is 12.2. The number of amides is 1. The van der Waals surface area contributed by atoms with Crippen molar-refractivity contribution in [2.75, 3.05) is 26.2 Å². The van der Waals surface area contributed by atoms with Crippen LogP contribution in [0.2, 0.25) is 0 Å². The number of ether oxygens (including phenoxy) is 2. The van der Waals surface area contributed by atoms with Crippen molar-refractivity contribution in [3.63, 3.8) is 0 Å². The Morgan fingerprint density at radius 3 is 2.33 bits per heavy atom. The number of esters is 1. The van der Waals surface area contributed by atoms with Crippen LogP contribution < -0.4 is 61.0 Å². The Hall–Kier alpha value is -1.44. The summed E-state index contributed by atoms with van der Waals surface area (Å²) in [4.78, 5) is 36.3. The Kier molecular flexibility index (Phi) is 8.44. The number of methoxy groups -OCH3 is 2. The van der Waals surface area contributed by atoms with Gasteiger partial charge in [0.05, 0.1) is 24.7 Å². The quantitative estimate of drug-likeness (QED) is 0.412. The van der Waals surface area contributed by atoms with Gasteiger partial charge in [-0.25, -0.2) is 13.2 Å². The molecule has 0 aliphatic rings. The largest absolute Gasteiger partial charge is 1.00 e. The second-order valence-electron chi connectivity index (χ2n) is 4.99. The number of sulfone groups is 1. The number of nitrogens with zero attached hydrogens (tertiary/aromatic N) is 4. The number of carbonyl (C=O) groups is 2. The van der Waals surface area contributed by atoms with Gasteiger partial charge in [-0.3, -0.25) is 9.69 Å². The predicted molar refractivity (Wildman–Crippen MR) is 91.0 cm³/mol. The zero-order valence-electron chi connectivity index (χ0n) is 16.5. The standard InChI is InChI=1S/C15H16N4O6S.K.H/c1-9-16-13(18-14(17-9)25-4)19(2)15(21)26(22,23)11-8-6-5-7-10(11)12(20)24-3;;/h5-8H,1-4H3;;/q;+1;-1. The van der Waals surface area contributed by atoms with E-state index in [0.29, 0.717) is 0 Å². The van der Waals surface area contributed by atoms with Crippen LogP contribution in [0.1, 0.15) is 17.6 Å². The van der Waals surface area contributed by atoms with Gasteiger partial charge in [0, 0.05) is 7.05 Å². The Balaban J connectivity index is 0.00000364. The Labute approximate surface area is 200 Å². The SMILES string of the molecule is COC(=O)c1ccccc1S(=O)(=O)C(=O)N(C)c1nc(C)nc(OC)n1.[H-].[K+]. The van der Waals surface area contributed by atoms with Gasteiger partial charge < -0.3 is 10.9 Å². The number of hydrogen-bond donors (Lipinski definition) is 0. The van der Waals surface area contributed by atoms with Gasteiger partial charge in [-0.05, 0) is 19.1 Å². The summed E-state index contributed by atoms with van der Waals surface area (Å²) in [6.07, 6.45) is 0. The maximum atomic E-state index is 12.7. The number of benzene rings is 1. The number of anilines is 1. The second kappa shape index (κ2) is 9.66. The van der Waals surface area contributed by atoms with E-state index in [1.807, 2.05) is 0 Å². The zero-order valence-corrected chi connectivity index (χ0v) is 19.4. The summed E-state index contributed by atoms with van der Waals surface area (Å²) in [7, 11) is -0.936.